The molecule has 5 nitrogen and oxygen atoms in total. The fraction of sp³-hybridized carbons (Fsp3) is 0.500. The maximum absolute atomic E-state index is 14.7. The van der Waals surface area contributed by atoms with Crippen LogP contribution in [0.3, 0.4) is 0 Å². The van der Waals surface area contributed by atoms with Gasteiger partial charge in [-0.15, -0.1) is 0 Å². The van der Waals surface area contributed by atoms with Crippen molar-refractivity contribution in [2.75, 3.05) is 11.9 Å². The highest BCUT2D eigenvalue weighted by Gasteiger charge is 2.35. The first kappa shape index (κ1) is 30.1. The maximum Gasteiger partial charge on any atom is 0.417 e. The lowest BCUT2D eigenvalue weighted by Crippen LogP contribution is -2.32. The average Bonchev–Trinajstić information content (AvgIpc) is 2.81. The summed E-state index contributed by atoms with van der Waals surface area (Å²) < 4.78 is 60.8. The van der Waals surface area contributed by atoms with Crippen LogP contribution in [0.5, 0.6) is 0 Å². The first-order chi connectivity index (χ1) is 17.3. The molecule has 2 aromatic rings. The normalized spacial score (nSPS) is 14.0. The molecule has 37 heavy (non-hydrogen) atoms. The summed E-state index contributed by atoms with van der Waals surface area (Å²) in [6, 6.07) is 6.06. The topological polar surface area (TPSA) is 63.2 Å². The number of halogens is 4. The van der Waals surface area contributed by atoms with Gasteiger partial charge in [0.1, 0.15) is 11.8 Å². The van der Waals surface area contributed by atoms with Crippen molar-refractivity contribution < 1.29 is 27.1 Å². The van der Waals surface area contributed by atoms with Crippen molar-refractivity contribution in [3.05, 3.63) is 48.3 Å². The molecule has 1 aromatic carbocycles. The summed E-state index contributed by atoms with van der Waals surface area (Å²) in [5.41, 5.74) is -1.27. The van der Waals surface area contributed by atoms with E-state index in [1.807, 2.05) is 6.92 Å². The average molecular weight is 524 g/mol. The second kappa shape index (κ2) is 12.9. The molecule has 0 saturated carbocycles. The number of hydrogen-bond acceptors (Lipinski definition) is 4. The first-order valence-electron chi connectivity index (χ1n) is 12.5. The molecule has 0 bridgehead atoms. The van der Waals surface area contributed by atoms with Gasteiger partial charge in [0, 0.05) is 23.0 Å². The fourth-order valence-electron chi connectivity index (χ4n) is 3.76. The van der Waals surface area contributed by atoms with Gasteiger partial charge in [0.2, 0.25) is 0 Å². The van der Waals surface area contributed by atoms with Gasteiger partial charge in [-0.3, -0.25) is 0 Å². The number of aromatic nitrogens is 1. The number of anilines is 1. The SMILES string of the molecule is C=C(c1nc(/C=C/CNC(=O)OC(C)(C)C)cc2c(N[C@H](CCCC)[C@@H](F)CC)cccc12)C(F)(F)F. The second-order valence-electron chi connectivity index (χ2n) is 9.88. The van der Waals surface area contributed by atoms with Crippen molar-refractivity contribution >= 4 is 34.2 Å². The number of nitrogens with one attached hydrogen (secondary N) is 2. The van der Waals surface area contributed by atoms with Gasteiger partial charge in [-0.2, -0.15) is 13.2 Å². The number of fused-ring (bicyclic) bond motifs is 1. The van der Waals surface area contributed by atoms with E-state index in [-0.39, 0.29) is 23.3 Å². The highest BCUT2D eigenvalue weighted by molar-refractivity contribution is 6.00. The van der Waals surface area contributed by atoms with Crippen molar-refractivity contribution in [1.82, 2.24) is 10.3 Å². The molecular formula is C28H37F4N3O2. The largest absolute Gasteiger partial charge is 0.444 e. The molecule has 2 rings (SSSR count). The lowest BCUT2D eigenvalue weighted by atomic mass is 9.99. The van der Waals surface area contributed by atoms with Crippen LogP contribution in [0.4, 0.5) is 28.0 Å². The molecule has 0 aliphatic heterocycles. The highest BCUT2D eigenvalue weighted by atomic mass is 19.4. The van der Waals surface area contributed by atoms with Gasteiger partial charge in [-0.25, -0.2) is 14.2 Å². The number of carbonyl (C=O) groups excluding carboxylic acids is 1. The van der Waals surface area contributed by atoms with Crippen LogP contribution in [-0.2, 0) is 4.74 Å². The molecule has 204 valence electrons. The van der Waals surface area contributed by atoms with Gasteiger partial charge in [0.15, 0.2) is 0 Å². The second-order valence-corrected chi connectivity index (χ2v) is 9.88. The predicted octanol–water partition coefficient (Wildman–Crippen LogP) is 8.07. The van der Waals surface area contributed by atoms with Gasteiger partial charge < -0.3 is 15.4 Å². The quantitative estimate of drug-likeness (QED) is 0.292. The third-order valence-electron chi connectivity index (χ3n) is 5.61. The van der Waals surface area contributed by atoms with Crippen LogP contribution < -0.4 is 10.6 Å². The Bertz CT molecular complexity index is 1110. The third-order valence-corrected chi connectivity index (χ3v) is 5.61. The zero-order valence-corrected chi connectivity index (χ0v) is 22.1. The Balaban J connectivity index is 2.47. The number of carbonyl (C=O) groups is 1. The van der Waals surface area contributed by atoms with Crippen LogP contribution in [-0.4, -0.2) is 41.6 Å². The van der Waals surface area contributed by atoms with E-state index in [0.29, 0.717) is 23.9 Å². The van der Waals surface area contributed by atoms with Gasteiger partial charge in [-0.1, -0.05) is 51.5 Å². The molecule has 1 aromatic heterocycles. The number of alkyl halides is 4. The minimum Gasteiger partial charge on any atom is -0.444 e. The van der Waals surface area contributed by atoms with Crippen LogP contribution in [0, 0.1) is 0 Å². The minimum atomic E-state index is -4.68. The number of benzene rings is 1. The Kier molecular flexibility index (Phi) is 10.5. The maximum atomic E-state index is 14.7. The monoisotopic (exact) mass is 523 g/mol. The fourth-order valence-corrected chi connectivity index (χ4v) is 3.76. The van der Waals surface area contributed by atoms with Gasteiger partial charge in [0.05, 0.1) is 23.0 Å². The van der Waals surface area contributed by atoms with E-state index < -0.39 is 35.7 Å². The number of nitrogens with zero attached hydrogens (tertiary/aromatic N) is 1. The molecule has 0 spiro atoms. The number of rotatable bonds is 11. The van der Waals surface area contributed by atoms with Crippen molar-refractivity contribution in [2.45, 2.75) is 84.3 Å². The molecule has 0 unspecified atom stereocenters. The Labute approximate surface area is 216 Å². The van der Waals surface area contributed by atoms with Crippen LogP contribution in [0.15, 0.2) is 36.9 Å². The molecule has 0 saturated heterocycles. The molecule has 0 aliphatic carbocycles. The zero-order chi connectivity index (χ0) is 27.8. The standard InChI is InChI=1S/C28H37F4N3O2/c1-7-9-14-24(22(29)8-2)35-23-15-10-13-20-21(23)17-19(34-25(20)18(3)28(30,31)32)12-11-16-33-26(36)37-27(4,5)6/h10-13,15,17,22,24,35H,3,7-9,14,16H2,1-2,4-6H3,(H,33,36)/b12-11+/t22-,24+/m0/s1. The number of amides is 1. The van der Waals surface area contributed by atoms with E-state index in [4.69, 9.17) is 4.74 Å². The summed E-state index contributed by atoms with van der Waals surface area (Å²) in [4.78, 5) is 16.1. The smallest absolute Gasteiger partial charge is 0.417 e. The first-order valence-corrected chi connectivity index (χ1v) is 12.5. The summed E-state index contributed by atoms with van der Waals surface area (Å²) in [5.74, 6) is 0. The number of hydrogen-bond donors (Lipinski definition) is 2. The summed E-state index contributed by atoms with van der Waals surface area (Å²) in [7, 11) is 0. The van der Waals surface area contributed by atoms with E-state index in [1.165, 1.54) is 6.08 Å². The summed E-state index contributed by atoms with van der Waals surface area (Å²) >= 11 is 0. The Morgan fingerprint density at radius 1 is 1.19 bits per heavy atom. The molecule has 0 radical (unpaired) electrons. The van der Waals surface area contributed by atoms with Crippen molar-refractivity contribution in [1.29, 1.82) is 0 Å². The predicted molar refractivity (Wildman–Crippen MR) is 142 cm³/mol. The van der Waals surface area contributed by atoms with Crippen LogP contribution in [0.2, 0.25) is 0 Å². The molecule has 9 heteroatoms. The minimum absolute atomic E-state index is 0.0865. The molecule has 0 aliphatic rings. The molecular weight excluding hydrogens is 486 g/mol. The summed E-state index contributed by atoms with van der Waals surface area (Å²) in [6.45, 7) is 12.3. The lowest BCUT2D eigenvalue weighted by molar-refractivity contribution is -0.0688. The van der Waals surface area contributed by atoms with Crippen molar-refractivity contribution in [3.63, 3.8) is 0 Å². The Morgan fingerprint density at radius 2 is 1.89 bits per heavy atom. The number of unbranched alkanes of at least 4 members (excludes halogenated alkanes) is 1. The Morgan fingerprint density at radius 3 is 2.49 bits per heavy atom. The van der Waals surface area contributed by atoms with E-state index in [9.17, 15) is 22.4 Å². The van der Waals surface area contributed by atoms with E-state index >= 15 is 0 Å². The number of alkyl carbamates (subject to hydrolysis) is 1. The van der Waals surface area contributed by atoms with Crippen LogP contribution in [0.1, 0.15) is 71.7 Å². The number of allylic oxidation sites excluding steroid dienone is 1. The molecule has 2 atom stereocenters. The van der Waals surface area contributed by atoms with E-state index in [0.717, 1.165) is 12.8 Å². The Hall–Kier alpha value is -3.10. The van der Waals surface area contributed by atoms with E-state index in [1.54, 1.807) is 58.0 Å². The molecule has 0 fully saturated rings. The van der Waals surface area contributed by atoms with Gasteiger partial charge in [-0.05, 0) is 51.8 Å². The number of ether oxygens (including phenoxy) is 1. The van der Waals surface area contributed by atoms with Gasteiger partial charge in [0.25, 0.3) is 0 Å². The zero-order valence-electron chi connectivity index (χ0n) is 22.1. The molecule has 2 N–H and O–H groups in total. The molecule has 1 heterocycles. The van der Waals surface area contributed by atoms with Crippen molar-refractivity contribution in [3.8, 4) is 0 Å². The summed E-state index contributed by atoms with van der Waals surface area (Å²) in [6.07, 6.45) is -0.690. The highest BCUT2D eigenvalue weighted by Crippen LogP contribution is 2.37. The van der Waals surface area contributed by atoms with E-state index in [2.05, 4.69) is 22.2 Å². The number of pyridine rings is 1. The van der Waals surface area contributed by atoms with Crippen LogP contribution in [0.25, 0.3) is 22.4 Å². The van der Waals surface area contributed by atoms with Gasteiger partial charge >= 0.3 is 12.3 Å². The van der Waals surface area contributed by atoms with Crippen LogP contribution >= 0.6 is 0 Å². The lowest BCUT2D eigenvalue weighted by Gasteiger charge is -2.24. The molecule has 1 amide bonds. The van der Waals surface area contributed by atoms with Crippen molar-refractivity contribution in [2.24, 2.45) is 0 Å². The third kappa shape index (κ3) is 9.05. The summed E-state index contributed by atoms with van der Waals surface area (Å²) in [5, 5.41) is 6.53.